The minimum absolute atomic E-state index is 0.138. The lowest BCUT2D eigenvalue weighted by Gasteiger charge is -2.10. The zero-order valence-electron chi connectivity index (χ0n) is 15.8. The molecule has 0 aliphatic rings. The molecule has 9 heteroatoms. The fourth-order valence-corrected chi connectivity index (χ4v) is 3.53. The van der Waals surface area contributed by atoms with Crippen LogP contribution in [0.15, 0.2) is 53.8 Å². The van der Waals surface area contributed by atoms with Crippen molar-refractivity contribution in [1.82, 2.24) is 25.0 Å². The fraction of sp³-hybridized carbons (Fsp3) is 0.150. The van der Waals surface area contributed by atoms with E-state index in [0.717, 1.165) is 16.8 Å². The third kappa shape index (κ3) is 3.95. The van der Waals surface area contributed by atoms with Crippen LogP contribution in [0.1, 0.15) is 11.1 Å². The Morgan fingerprint density at radius 3 is 2.72 bits per heavy atom. The maximum absolute atomic E-state index is 13.2. The summed E-state index contributed by atoms with van der Waals surface area (Å²) >= 11 is 1.26. The van der Waals surface area contributed by atoms with Crippen molar-refractivity contribution >= 4 is 34.5 Å². The van der Waals surface area contributed by atoms with Crippen molar-refractivity contribution in [2.24, 2.45) is 0 Å². The fourth-order valence-electron chi connectivity index (χ4n) is 2.80. The average molecular weight is 408 g/mol. The molecule has 4 rings (SSSR count). The first-order valence-electron chi connectivity index (χ1n) is 8.84. The molecule has 2 aromatic carbocycles. The third-order valence-corrected chi connectivity index (χ3v) is 5.47. The first kappa shape index (κ1) is 19.0. The number of carbonyl (C=O) groups excluding carboxylic acids is 1. The van der Waals surface area contributed by atoms with Gasteiger partial charge in [0.05, 0.1) is 11.4 Å². The van der Waals surface area contributed by atoms with Crippen LogP contribution in [0, 0.1) is 19.7 Å². The number of aryl methyl sites for hydroxylation is 1. The smallest absolute Gasteiger partial charge is 0.234 e. The zero-order valence-corrected chi connectivity index (χ0v) is 16.6. The normalized spacial score (nSPS) is 11.0. The minimum atomic E-state index is -0.334. The highest BCUT2D eigenvalue weighted by Gasteiger charge is 2.15. The van der Waals surface area contributed by atoms with Crippen LogP contribution in [-0.4, -0.2) is 36.6 Å². The quantitative estimate of drug-likeness (QED) is 0.400. The highest BCUT2D eigenvalue weighted by molar-refractivity contribution is 8.00. The number of amides is 1. The van der Waals surface area contributed by atoms with E-state index in [0.29, 0.717) is 21.9 Å². The van der Waals surface area contributed by atoms with Gasteiger partial charge in [-0.05, 0) is 55.3 Å². The SMILES string of the molecule is Cc1cccc(NC(=O)CSc2ncnc3c2nnn3-c2ccc(F)cc2)c1C. The molecule has 0 unspecified atom stereocenters. The molecule has 1 N–H and O–H groups in total. The summed E-state index contributed by atoms with van der Waals surface area (Å²) in [5.41, 5.74) is 4.56. The lowest BCUT2D eigenvalue weighted by Crippen LogP contribution is -2.15. The summed E-state index contributed by atoms with van der Waals surface area (Å²) < 4.78 is 14.7. The molecule has 2 heterocycles. The van der Waals surface area contributed by atoms with Crippen molar-refractivity contribution in [2.75, 3.05) is 11.1 Å². The largest absolute Gasteiger partial charge is 0.325 e. The van der Waals surface area contributed by atoms with Crippen molar-refractivity contribution in [2.45, 2.75) is 18.9 Å². The molecule has 0 aliphatic heterocycles. The van der Waals surface area contributed by atoms with Crippen LogP contribution < -0.4 is 5.32 Å². The summed E-state index contributed by atoms with van der Waals surface area (Å²) in [5, 5.41) is 11.7. The van der Waals surface area contributed by atoms with E-state index in [1.165, 1.54) is 34.9 Å². The van der Waals surface area contributed by atoms with E-state index >= 15 is 0 Å². The van der Waals surface area contributed by atoms with Gasteiger partial charge in [0, 0.05) is 5.69 Å². The predicted molar refractivity (Wildman–Crippen MR) is 110 cm³/mol. The number of fused-ring (bicyclic) bond motifs is 1. The Kier molecular flexibility index (Phi) is 5.22. The van der Waals surface area contributed by atoms with E-state index in [1.54, 1.807) is 12.1 Å². The second kappa shape index (κ2) is 7.96. The number of nitrogens with one attached hydrogen (secondary N) is 1. The Morgan fingerprint density at radius 1 is 1.14 bits per heavy atom. The van der Waals surface area contributed by atoms with Crippen molar-refractivity contribution in [3.63, 3.8) is 0 Å². The number of nitrogens with zero attached hydrogens (tertiary/aromatic N) is 5. The Bertz CT molecular complexity index is 1190. The molecule has 0 saturated carbocycles. The summed E-state index contributed by atoms with van der Waals surface area (Å²) in [4.78, 5) is 20.9. The van der Waals surface area contributed by atoms with Crippen LogP contribution in [0.5, 0.6) is 0 Å². The number of thioether (sulfide) groups is 1. The predicted octanol–water partition coefficient (Wildman–Crippen LogP) is 3.70. The Balaban J connectivity index is 1.52. The molecule has 0 spiro atoms. The number of carbonyl (C=O) groups is 1. The Labute approximate surface area is 170 Å². The van der Waals surface area contributed by atoms with Gasteiger partial charge in [-0.25, -0.2) is 14.4 Å². The van der Waals surface area contributed by atoms with E-state index in [9.17, 15) is 9.18 Å². The van der Waals surface area contributed by atoms with Crippen molar-refractivity contribution in [3.8, 4) is 5.69 Å². The van der Waals surface area contributed by atoms with Crippen LogP contribution in [0.2, 0.25) is 0 Å². The number of hydrogen-bond acceptors (Lipinski definition) is 6. The van der Waals surface area contributed by atoms with Crippen LogP contribution in [-0.2, 0) is 4.79 Å². The molecule has 0 atom stereocenters. The lowest BCUT2D eigenvalue weighted by molar-refractivity contribution is -0.113. The molecular formula is C20H17FN6OS. The number of halogens is 1. The first-order valence-corrected chi connectivity index (χ1v) is 9.82. The molecule has 4 aromatic rings. The van der Waals surface area contributed by atoms with Gasteiger partial charge >= 0.3 is 0 Å². The summed E-state index contributed by atoms with van der Waals surface area (Å²) in [6.07, 6.45) is 1.40. The topological polar surface area (TPSA) is 85.6 Å². The lowest BCUT2D eigenvalue weighted by atomic mass is 10.1. The number of aromatic nitrogens is 5. The van der Waals surface area contributed by atoms with E-state index in [-0.39, 0.29) is 17.5 Å². The molecule has 0 bridgehead atoms. The van der Waals surface area contributed by atoms with Gasteiger partial charge in [-0.15, -0.1) is 5.10 Å². The van der Waals surface area contributed by atoms with E-state index in [1.807, 2.05) is 32.0 Å². The monoisotopic (exact) mass is 408 g/mol. The Morgan fingerprint density at radius 2 is 1.93 bits per heavy atom. The number of rotatable bonds is 5. The van der Waals surface area contributed by atoms with Crippen LogP contribution in [0.4, 0.5) is 10.1 Å². The van der Waals surface area contributed by atoms with Crippen LogP contribution >= 0.6 is 11.8 Å². The number of benzene rings is 2. The summed E-state index contributed by atoms with van der Waals surface area (Å²) in [7, 11) is 0. The van der Waals surface area contributed by atoms with Gasteiger partial charge in [0.1, 0.15) is 17.2 Å². The standard InChI is InChI=1S/C20H17FN6OS/c1-12-4-3-5-16(13(12)2)24-17(28)10-29-20-18-19(22-11-23-20)27(26-25-18)15-8-6-14(21)7-9-15/h3-9,11H,10H2,1-2H3,(H,24,28). The molecule has 0 radical (unpaired) electrons. The van der Waals surface area contributed by atoms with Gasteiger partial charge in [0.25, 0.3) is 0 Å². The molecular weight excluding hydrogens is 391 g/mol. The van der Waals surface area contributed by atoms with Crippen molar-refractivity contribution < 1.29 is 9.18 Å². The first-order chi connectivity index (χ1) is 14.0. The maximum Gasteiger partial charge on any atom is 0.234 e. The van der Waals surface area contributed by atoms with Gasteiger partial charge < -0.3 is 5.32 Å². The molecule has 146 valence electrons. The van der Waals surface area contributed by atoms with Crippen LogP contribution in [0.3, 0.4) is 0 Å². The van der Waals surface area contributed by atoms with Gasteiger partial charge in [0.2, 0.25) is 5.91 Å². The van der Waals surface area contributed by atoms with Crippen molar-refractivity contribution in [3.05, 3.63) is 65.7 Å². The van der Waals surface area contributed by atoms with Gasteiger partial charge in [0.15, 0.2) is 11.2 Å². The molecule has 0 aliphatic carbocycles. The molecule has 7 nitrogen and oxygen atoms in total. The second-order valence-electron chi connectivity index (χ2n) is 6.41. The highest BCUT2D eigenvalue weighted by atomic mass is 32.2. The maximum atomic E-state index is 13.2. The summed E-state index contributed by atoms with van der Waals surface area (Å²) in [5.74, 6) is -0.302. The number of anilines is 1. The van der Waals surface area contributed by atoms with Crippen molar-refractivity contribution in [1.29, 1.82) is 0 Å². The van der Waals surface area contributed by atoms with E-state index < -0.39 is 0 Å². The van der Waals surface area contributed by atoms with E-state index in [4.69, 9.17) is 0 Å². The molecule has 0 saturated heterocycles. The second-order valence-corrected chi connectivity index (χ2v) is 7.38. The molecule has 2 aromatic heterocycles. The molecule has 0 fully saturated rings. The Hall–Kier alpha value is -3.33. The third-order valence-electron chi connectivity index (χ3n) is 4.49. The zero-order chi connectivity index (χ0) is 20.4. The minimum Gasteiger partial charge on any atom is -0.325 e. The van der Waals surface area contributed by atoms with Gasteiger partial charge in [-0.2, -0.15) is 4.68 Å². The van der Waals surface area contributed by atoms with Gasteiger partial charge in [-0.1, -0.05) is 29.1 Å². The van der Waals surface area contributed by atoms with Crippen LogP contribution in [0.25, 0.3) is 16.9 Å². The number of hydrogen-bond donors (Lipinski definition) is 1. The average Bonchev–Trinajstić information content (AvgIpc) is 3.15. The van der Waals surface area contributed by atoms with E-state index in [2.05, 4.69) is 25.6 Å². The van der Waals surface area contributed by atoms with Gasteiger partial charge in [-0.3, -0.25) is 4.79 Å². The highest BCUT2D eigenvalue weighted by Crippen LogP contribution is 2.25. The summed E-state index contributed by atoms with van der Waals surface area (Å²) in [6.45, 7) is 3.97. The molecule has 29 heavy (non-hydrogen) atoms. The summed E-state index contributed by atoms with van der Waals surface area (Å²) in [6, 6.07) is 11.7. The molecule has 1 amide bonds.